The molecule has 6 nitrogen and oxygen atoms in total. The van der Waals surface area contributed by atoms with Gasteiger partial charge in [-0.05, 0) is 0 Å². The molecule has 1 fully saturated rings. The summed E-state index contributed by atoms with van der Waals surface area (Å²) in [6.07, 6.45) is -0.789. The third kappa shape index (κ3) is 1.56. The lowest BCUT2D eigenvalue weighted by Crippen LogP contribution is -2.29. The summed E-state index contributed by atoms with van der Waals surface area (Å²) >= 11 is -3.34. The maximum Gasteiger partial charge on any atom is 0.423 e. The van der Waals surface area contributed by atoms with Gasteiger partial charge in [-0.2, -0.15) is 0 Å². The van der Waals surface area contributed by atoms with Gasteiger partial charge in [0.2, 0.25) is 0 Å². The van der Waals surface area contributed by atoms with Crippen LogP contribution in [-0.2, 0) is 8.92 Å². The van der Waals surface area contributed by atoms with Crippen LogP contribution in [0.15, 0.2) is 0 Å². The minimum Gasteiger partial charge on any atom is -0.452 e. The first-order valence-corrected chi connectivity index (χ1v) is 4.29. The fourth-order valence-electron chi connectivity index (χ4n) is 0.705. The third-order valence-corrected chi connectivity index (χ3v) is 2.59. The first kappa shape index (κ1) is 8.60. The number of rotatable bonds is 0. The predicted octanol–water partition coefficient (Wildman–Crippen LogP) is 0.666. The van der Waals surface area contributed by atoms with E-state index >= 15 is 0 Å². The lowest BCUT2D eigenvalue weighted by molar-refractivity contribution is 0.148. The summed E-state index contributed by atoms with van der Waals surface area (Å²) < 4.78 is 27.5. The van der Waals surface area contributed by atoms with Gasteiger partial charge >= 0.3 is 6.09 Å². The van der Waals surface area contributed by atoms with Gasteiger partial charge in [-0.1, -0.05) is 0 Å². The van der Waals surface area contributed by atoms with Crippen molar-refractivity contribution in [2.75, 3.05) is 20.3 Å². The Labute approximate surface area is 65.4 Å². The largest absolute Gasteiger partial charge is 0.452 e. The molecule has 1 amide bonds. The van der Waals surface area contributed by atoms with E-state index in [2.05, 4.69) is 8.92 Å². The summed E-state index contributed by atoms with van der Waals surface area (Å²) in [6.45, 7) is 0.270. The normalized spacial score (nSPS) is 24.8. The van der Waals surface area contributed by atoms with Crippen molar-refractivity contribution < 1.29 is 22.8 Å². The molecule has 0 unspecified atom stereocenters. The van der Waals surface area contributed by atoms with Crippen LogP contribution >= 0.6 is 11.1 Å². The first-order valence-electron chi connectivity index (χ1n) is 2.86. The predicted molar refractivity (Wildman–Crippen MR) is 37.9 cm³/mol. The average molecular weight is 183 g/mol. The zero-order valence-corrected chi connectivity index (χ0v) is 6.71. The maximum atomic E-state index is 10.8. The van der Waals surface area contributed by atoms with E-state index in [-0.39, 0.29) is 13.2 Å². The van der Waals surface area contributed by atoms with E-state index in [4.69, 9.17) is 9.11 Å². The van der Waals surface area contributed by atoms with Gasteiger partial charge in [0, 0.05) is 0 Å². The number of nitrogens with zero attached hydrogens (tertiary/aromatic N) is 1. The minimum absolute atomic E-state index is 0.122. The number of carbonyl (C=O) groups is 1. The van der Waals surface area contributed by atoms with E-state index in [1.807, 2.05) is 0 Å². The van der Waals surface area contributed by atoms with Crippen molar-refractivity contribution in [2.24, 2.45) is 0 Å². The third-order valence-electron chi connectivity index (χ3n) is 1.20. The molecule has 7 heteroatoms. The van der Waals surface area contributed by atoms with Gasteiger partial charge in [0.15, 0.2) is 11.1 Å². The SMILES string of the molecule is COC(=O)N1CCOS1(O)O. The molecule has 11 heavy (non-hydrogen) atoms. The zero-order valence-electron chi connectivity index (χ0n) is 5.89. The summed E-state index contributed by atoms with van der Waals surface area (Å²) in [4.78, 5) is 10.8. The molecule has 0 aromatic rings. The maximum absolute atomic E-state index is 10.8. The van der Waals surface area contributed by atoms with E-state index in [0.717, 1.165) is 11.4 Å². The molecule has 0 saturated carbocycles. The Hall–Kier alpha value is -0.500. The highest BCUT2D eigenvalue weighted by atomic mass is 32.3. The lowest BCUT2D eigenvalue weighted by Gasteiger charge is -2.27. The van der Waals surface area contributed by atoms with E-state index < -0.39 is 17.1 Å². The Morgan fingerprint density at radius 3 is 2.73 bits per heavy atom. The van der Waals surface area contributed by atoms with Crippen molar-refractivity contribution >= 4 is 17.1 Å². The molecule has 1 aliphatic heterocycles. The van der Waals surface area contributed by atoms with Crippen molar-refractivity contribution in [1.29, 1.82) is 0 Å². The van der Waals surface area contributed by atoms with Gasteiger partial charge in [-0.3, -0.25) is 13.3 Å². The van der Waals surface area contributed by atoms with Crippen molar-refractivity contribution in [2.45, 2.75) is 0 Å². The molecule has 0 aromatic carbocycles. The lowest BCUT2D eigenvalue weighted by atomic mass is 10.7. The Bertz CT molecular complexity index is 172. The van der Waals surface area contributed by atoms with E-state index in [0.29, 0.717) is 0 Å². The fraction of sp³-hybridized carbons (Fsp3) is 0.750. The average Bonchev–Trinajstić information content (AvgIpc) is 2.28. The van der Waals surface area contributed by atoms with Crippen LogP contribution in [0.1, 0.15) is 0 Å². The van der Waals surface area contributed by atoms with E-state index in [1.54, 1.807) is 0 Å². The van der Waals surface area contributed by atoms with Crippen LogP contribution < -0.4 is 0 Å². The number of carbonyl (C=O) groups excluding carboxylic acids is 1. The molecule has 2 N–H and O–H groups in total. The number of amides is 1. The Balaban J connectivity index is 2.64. The van der Waals surface area contributed by atoms with Crippen LogP contribution in [0.3, 0.4) is 0 Å². The van der Waals surface area contributed by atoms with Gasteiger partial charge < -0.3 is 4.74 Å². The second-order valence-corrected chi connectivity index (χ2v) is 3.48. The Morgan fingerprint density at radius 1 is 1.73 bits per heavy atom. The first-order chi connectivity index (χ1) is 5.08. The Morgan fingerprint density at radius 2 is 2.36 bits per heavy atom. The summed E-state index contributed by atoms with van der Waals surface area (Å²) in [5, 5.41) is 0. The van der Waals surface area contributed by atoms with Crippen molar-refractivity contribution in [3.8, 4) is 0 Å². The van der Waals surface area contributed by atoms with Gasteiger partial charge in [-0.15, -0.1) is 0 Å². The van der Waals surface area contributed by atoms with E-state index in [1.165, 1.54) is 0 Å². The number of methoxy groups -OCH3 is 1. The number of ether oxygens (including phenoxy) is 1. The quantitative estimate of drug-likeness (QED) is 0.576. The Kier molecular flexibility index (Phi) is 2.23. The molecule has 66 valence electrons. The number of hydrogen-bond acceptors (Lipinski definition) is 5. The molecule has 1 saturated heterocycles. The minimum atomic E-state index is -3.34. The zero-order chi connectivity index (χ0) is 8.48. The fourth-order valence-corrected chi connectivity index (χ4v) is 1.71. The molecular weight excluding hydrogens is 174 g/mol. The van der Waals surface area contributed by atoms with Crippen LogP contribution in [0.25, 0.3) is 0 Å². The highest BCUT2D eigenvalue weighted by Crippen LogP contribution is 2.48. The monoisotopic (exact) mass is 183 g/mol. The molecule has 0 aromatic heterocycles. The van der Waals surface area contributed by atoms with Crippen LogP contribution in [0.2, 0.25) is 0 Å². The summed E-state index contributed by atoms with van der Waals surface area (Å²) in [5.41, 5.74) is 0. The van der Waals surface area contributed by atoms with Crippen LogP contribution in [0.5, 0.6) is 0 Å². The van der Waals surface area contributed by atoms with Gasteiger partial charge in [0.05, 0.1) is 20.3 Å². The van der Waals surface area contributed by atoms with E-state index in [9.17, 15) is 4.79 Å². The summed E-state index contributed by atoms with van der Waals surface area (Å²) in [7, 11) is 1.16. The molecule has 0 atom stereocenters. The highest BCUT2D eigenvalue weighted by Gasteiger charge is 2.38. The topological polar surface area (TPSA) is 79.2 Å². The summed E-state index contributed by atoms with van der Waals surface area (Å²) in [5.74, 6) is 0. The standard InChI is InChI=1S/C4H9NO5S/c1-9-4(6)5-2-3-10-11(5,7)8/h7-8H,2-3H2,1H3. The summed E-state index contributed by atoms with van der Waals surface area (Å²) in [6, 6.07) is 0. The molecule has 1 aliphatic rings. The second-order valence-electron chi connectivity index (χ2n) is 1.86. The molecule has 0 spiro atoms. The smallest absolute Gasteiger partial charge is 0.423 e. The van der Waals surface area contributed by atoms with Gasteiger partial charge in [0.25, 0.3) is 0 Å². The second kappa shape index (κ2) is 2.86. The number of hydrogen-bond donors (Lipinski definition) is 2. The molecule has 0 aliphatic carbocycles. The van der Waals surface area contributed by atoms with Gasteiger partial charge in [0.1, 0.15) is 0 Å². The van der Waals surface area contributed by atoms with Gasteiger partial charge in [-0.25, -0.2) is 9.10 Å². The van der Waals surface area contributed by atoms with Crippen molar-refractivity contribution in [3.63, 3.8) is 0 Å². The molecule has 1 heterocycles. The molecule has 0 radical (unpaired) electrons. The van der Waals surface area contributed by atoms with Crippen molar-refractivity contribution in [3.05, 3.63) is 0 Å². The van der Waals surface area contributed by atoms with Crippen LogP contribution in [0.4, 0.5) is 4.79 Å². The molecular formula is C4H9NO5S. The highest BCUT2D eigenvalue weighted by molar-refractivity contribution is 8.18. The molecule has 1 rings (SSSR count). The van der Waals surface area contributed by atoms with Crippen LogP contribution in [-0.4, -0.2) is 39.8 Å². The van der Waals surface area contributed by atoms with Crippen LogP contribution in [0, 0.1) is 0 Å². The van der Waals surface area contributed by atoms with Crippen molar-refractivity contribution in [1.82, 2.24) is 4.31 Å². The molecule has 0 bridgehead atoms.